The van der Waals surface area contributed by atoms with E-state index in [-0.39, 0.29) is 5.75 Å². The number of nitrogens with two attached hydrogens (primary N) is 1. The first-order valence-corrected chi connectivity index (χ1v) is 7.99. The molecule has 3 N–H and O–H groups in total. The van der Waals surface area contributed by atoms with Gasteiger partial charge in [-0.2, -0.15) is 11.3 Å². The molecule has 0 amide bonds. The maximum absolute atomic E-state index is 11.9. The van der Waals surface area contributed by atoms with E-state index in [1.807, 2.05) is 23.6 Å². The van der Waals surface area contributed by atoms with Crippen molar-refractivity contribution < 1.29 is 8.42 Å². The van der Waals surface area contributed by atoms with E-state index < -0.39 is 10.0 Å². The Morgan fingerprint density at radius 1 is 1.22 bits per heavy atom. The zero-order valence-electron chi connectivity index (χ0n) is 9.67. The highest BCUT2D eigenvalue weighted by Gasteiger charge is 2.12. The molecule has 1 aromatic heterocycles. The smallest absolute Gasteiger partial charge is 0.236 e. The van der Waals surface area contributed by atoms with Crippen LogP contribution in [0.15, 0.2) is 41.1 Å². The van der Waals surface area contributed by atoms with Crippen LogP contribution in [0.2, 0.25) is 0 Å². The molecule has 2 rings (SSSR count). The van der Waals surface area contributed by atoms with E-state index in [9.17, 15) is 8.42 Å². The van der Waals surface area contributed by atoms with Crippen LogP contribution in [0.3, 0.4) is 0 Å². The van der Waals surface area contributed by atoms with Crippen LogP contribution in [-0.2, 0) is 22.3 Å². The SMILES string of the molecule is NCc1cccc(CS(=O)(=O)Nc2ccsc2)c1. The molecule has 2 aromatic rings. The lowest BCUT2D eigenvalue weighted by atomic mass is 10.1. The van der Waals surface area contributed by atoms with Crippen LogP contribution in [-0.4, -0.2) is 8.42 Å². The fraction of sp³-hybridized carbons (Fsp3) is 0.167. The van der Waals surface area contributed by atoms with E-state index >= 15 is 0 Å². The first-order chi connectivity index (χ1) is 8.59. The van der Waals surface area contributed by atoms with E-state index in [4.69, 9.17) is 5.73 Å². The van der Waals surface area contributed by atoms with Gasteiger partial charge in [0, 0.05) is 11.9 Å². The minimum Gasteiger partial charge on any atom is -0.326 e. The Hall–Kier alpha value is -1.37. The number of sulfonamides is 1. The molecular weight excluding hydrogens is 268 g/mol. The summed E-state index contributed by atoms with van der Waals surface area (Å²) < 4.78 is 26.4. The third-order valence-electron chi connectivity index (χ3n) is 2.38. The maximum atomic E-state index is 11.9. The Morgan fingerprint density at radius 3 is 2.67 bits per heavy atom. The second-order valence-corrected chi connectivity index (χ2v) is 6.40. The molecule has 0 saturated carbocycles. The molecule has 0 unspecified atom stereocenters. The van der Waals surface area contributed by atoms with Crippen LogP contribution in [0.25, 0.3) is 0 Å². The van der Waals surface area contributed by atoms with Gasteiger partial charge >= 0.3 is 0 Å². The molecule has 0 aliphatic carbocycles. The predicted octanol–water partition coefficient (Wildman–Crippen LogP) is 2.15. The summed E-state index contributed by atoms with van der Waals surface area (Å²) in [5, 5.41) is 3.58. The summed E-state index contributed by atoms with van der Waals surface area (Å²) in [6.45, 7) is 0.409. The molecule has 0 aliphatic heterocycles. The predicted molar refractivity (Wildman–Crippen MR) is 74.9 cm³/mol. The van der Waals surface area contributed by atoms with Gasteiger partial charge in [0.1, 0.15) is 0 Å². The quantitative estimate of drug-likeness (QED) is 0.882. The van der Waals surface area contributed by atoms with Gasteiger partial charge in [-0.05, 0) is 22.6 Å². The molecule has 1 aromatic carbocycles. The Bertz CT molecular complexity index is 607. The van der Waals surface area contributed by atoms with E-state index in [1.165, 1.54) is 11.3 Å². The van der Waals surface area contributed by atoms with Gasteiger partial charge < -0.3 is 5.73 Å². The van der Waals surface area contributed by atoms with Crippen molar-refractivity contribution in [2.75, 3.05) is 4.72 Å². The van der Waals surface area contributed by atoms with Crippen LogP contribution >= 0.6 is 11.3 Å². The van der Waals surface area contributed by atoms with Crippen molar-refractivity contribution in [2.24, 2.45) is 5.73 Å². The minimum atomic E-state index is -3.37. The molecule has 0 saturated heterocycles. The molecule has 0 bridgehead atoms. The maximum Gasteiger partial charge on any atom is 0.236 e. The van der Waals surface area contributed by atoms with Crippen LogP contribution < -0.4 is 10.5 Å². The third kappa shape index (κ3) is 3.56. The van der Waals surface area contributed by atoms with Crippen LogP contribution in [0.4, 0.5) is 5.69 Å². The van der Waals surface area contributed by atoms with Crippen molar-refractivity contribution in [3.63, 3.8) is 0 Å². The normalized spacial score (nSPS) is 11.4. The second kappa shape index (κ2) is 5.51. The van der Waals surface area contributed by atoms with E-state index in [1.54, 1.807) is 17.5 Å². The number of rotatable bonds is 5. The summed E-state index contributed by atoms with van der Waals surface area (Å²) in [6, 6.07) is 9.03. The third-order valence-corrected chi connectivity index (χ3v) is 4.32. The van der Waals surface area contributed by atoms with Crippen molar-refractivity contribution in [3.8, 4) is 0 Å². The zero-order chi connectivity index (χ0) is 13.0. The first-order valence-electron chi connectivity index (χ1n) is 5.39. The van der Waals surface area contributed by atoms with Crippen LogP contribution in [0.1, 0.15) is 11.1 Å². The van der Waals surface area contributed by atoms with Gasteiger partial charge in [-0.25, -0.2) is 8.42 Å². The van der Waals surface area contributed by atoms with E-state index in [2.05, 4.69) is 4.72 Å². The minimum absolute atomic E-state index is 0.0450. The van der Waals surface area contributed by atoms with Crippen molar-refractivity contribution in [1.29, 1.82) is 0 Å². The van der Waals surface area contributed by atoms with Crippen molar-refractivity contribution in [2.45, 2.75) is 12.3 Å². The van der Waals surface area contributed by atoms with E-state index in [0.29, 0.717) is 12.2 Å². The van der Waals surface area contributed by atoms with Gasteiger partial charge in [-0.1, -0.05) is 24.3 Å². The lowest BCUT2D eigenvalue weighted by molar-refractivity contribution is 0.600. The number of nitrogens with one attached hydrogen (secondary N) is 1. The highest BCUT2D eigenvalue weighted by Crippen LogP contribution is 2.16. The second-order valence-electron chi connectivity index (χ2n) is 3.90. The Balaban J connectivity index is 2.12. The molecule has 6 heteroatoms. The van der Waals surface area contributed by atoms with Crippen LogP contribution in [0, 0.1) is 0 Å². The summed E-state index contributed by atoms with van der Waals surface area (Å²) in [7, 11) is -3.37. The Morgan fingerprint density at radius 2 is 2.00 bits per heavy atom. The average Bonchev–Trinajstić information content (AvgIpc) is 2.80. The Labute approximate surface area is 111 Å². The summed E-state index contributed by atoms with van der Waals surface area (Å²) in [4.78, 5) is 0. The van der Waals surface area contributed by atoms with Crippen molar-refractivity contribution in [3.05, 3.63) is 52.2 Å². The van der Waals surface area contributed by atoms with Gasteiger partial charge in [0.2, 0.25) is 10.0 Å². The van der Waals surface area contributed by atoms with Gasteiger partial charge in [-0.3, -0.25) is 4.72 Å². The standard InChI is InChI=1S/C12H14N2O2S2/c13-7-10-2-1-3-11(6-10)9-18(15,16)14-12-4-5-17-8-12/h1-6,8,14H,7,9,13H2. The number of thiophene rings is 1. The number of benzene rings is 1. The molecule has 0 fully saturated rings. The highest BCUT2D eigenvalue weighted by atomic mass is 32.2. The highest BCUT2D eigenvalue weighted by molar-refractivity contribution is 7.91. The summed E-state index contributed by atoms with van der Waals surface area (Å²) >= 11 is 1.45. The molecule has 0 aliphatic rings. The van der Waals surface area contributed by atoms with Gasteiger partial charge in [0.15, 0.2) is 0 Å². The first kappa shape index (κ1) is 13.1. The average molecular weight is 282 g/mol. The summed E-state index contributed by atoms with van der Waals surface area (Å²) in [6.07, 6.45) is 0. The van der Waals surface area contributed by atoms with E-state index in [0.717, 1.165) is 11.1 Å². The monoisotopic (exact) mass is 282 g/mol. The molecular formula is C12H14N2O2S2. The lowest BCUT2D eigenvalue weighted by Gasteiger charge is -2.07. The molecule has 0 atom stereocenters. The molecule has 18 heavy (non-hydrogen) atoms. The molecule has 4 nitrogen and oxygen atoms in total. The molecule has 0 spiro atoms. The van der Waals surface area contributed by atoms with Gasteiger partial charge in [0.05, 0.1) is 11.4 Å². The summed E-state index contributed by atoms with van der Waals surface area (Å²) in [5.74, 6) is -0.0450. The van der Waals surface area contributed by atoms with Gasteiger partial charge in [0.25, 0.3) is 0 Å². The zero-order valence-corrected chi connectivity index (χ0v) is 11.3. The molecule has 0 radical (unpaired) electrons. The number of anilines is 1. The van der Waals surface area contributed by atoms with Crippen LogP contribution in [0.5, 0.6) is 0 Å². The fourth-order valence-electron chi connectivity index (χ4n) is 1.60. The largest absolute Gasteiger partial charge is 0.326 e. The topological polar surface area (TPSA) is 72.2 Å². The fourth-order valence-corrected chi connectivity index (χ4v) is 3.44. The lowest BCUT2D eigenvalue weighted by Crippen LogP contribution is -2.14. The van der Waals surface area contributed by atoms with Gasteiger partial charge in [-0.15, -0.1) is 0 Å². The van der Waals surface area contributed by atoms with Crippen molar-refractivity contribution >= 4 is 27.0 Å². The number of hydrogen-bond acceptors (Lipinski definition) is 4. The number of hydrogen-bond donors (Lipinski definition) is 2. The molecule has 1 heterocycles. The molecule has 96 valence electrons. The van der Waals surface area contributed by atoms with Crippen molar-refractivity contribution in [1.82, 2.24) is 0 Å². The summed E-state index contributed by atoms with van der Waals surface area (Å²) in [5.41, 5.74) is 7.80. The Kier molecular flexibility index (Phi) is 4.00.